The van der Waals surface area contributed by atoms with E-state index in [0.29, 0.717) is 12.3 Å². The normalized spacial score (nSPS) is 17.4. The first-order valence-corrected chi connectivity index (χ1v) is 10.0. The number of hydrogen-bond acceptors (Lipinski definition) is 4. The molecule has 6 nitrogen and oxygen atoms in total. The summed E-state index contributed by atoms with van der Waals surface area (Å²) in [6, 6.07) is 9.35. The van der Waals surface area contributed by atoms with Crippen molar-refractivity contribution in [3.05, 3.63) is 53.9 Å². The van der Waals surface area contributed by atoms with Gasteiger partial charge in [0.1, 0.15) is 5.75 Å². The summed E-state index contributed by atoms with van der Waals surface area (Å²) >= 11 is 0. The Kier molecular flexibility index (Phi) is 5.03. The van der Waals surface area contributed by atoms with Gasteiger partial charge >= 0.3 is 0 Å². The van der Waals surface area contributed by atoms with Crippen LogP contribution < -0.4 is 4.90 Å². The van der Waals surface area contributed by atoms with Gasteiger partial charge in [0.05, 0.1) is 17.0 Å². The number of aromatic hydroxyl groups is 1. The number of aromatic nitrogens is 1. The molecule has 0 aliphatic carbocycles. The van der Waals surface area contributed by atoms with E-state index >= 15 is 0 Å². The molecule has 2 aromatic rings. The second-order valence-corrected chi connectivity index (χ2v) is 7.52. The smallest absolute Gasteiger partial charge is 0.256 e. The summed E-state index contributed by atoms with van der Waals surface area (Å²) in [7, 11) is 2.02. The van der Waals surface area contributed by atoms with E-state index in [1.165, 1.54) is 5.70 Å². The van der Waals surface area contributed by atoms with Gasteiger partial charge in [0.25, 0.3) is 5.91 Å². The summed E-state index contributed by atoms with van der Waals surface area (Å²) < 4.78 is 2.07. The Bertz CT molecular complexity index is 876. The largest absolute Gasteiger partial charge is 0.508 e. The Balaban J connectivity index is 1.55. The molecule has 0 spiro atoms. The molecular formula is C22H28N4O2. The number of benzene rings is 1. The van der Waals surface area contributed by atoms with E-state index in [9.17, 15) is 9.90 Å². The van der Waals surface area contributed by atoms with Crippen molar-refractivity contribution in [2.45, 2.75) is 13.3 Å². The topological polar surface area (TPSA) is 52.0 Å². The Hall–Kier alpha value is -2.89. The van der Waals surface area contributed by atoms with Crippen molar-refractivity contribution in [1.82, 2.24) is 14.4 Å². The van der Waals surface area contributed by atoms with Crippen LogP contribution in [0.5, 0.6) is 5.75 Å². The Morgan fingerprint density at radius 1 is 1.00 bits per heavy atom. The zero-order valence-electron chi connectivity index (χ0n) is 16.6. The third-order valence-electron chi connectivity index (χ3n) is 5.67. The van der Waals surface area contributed by atoms with Crippen molar-refractivity contribution < 1.29 is 9.90 Å². The summed E-state index contributed by atoms with van der Waals surface area (Å²) in [6.45, 7) is 7.18. The van der Waals surface area contributed by atoms with Gasteiger partial charge < -0.3 is 24.4 Å². The maximum atomic E-state index is 13.0. The van der Waals surface area contributed by atoms with Crippen LogP contribution in [0.4, 0.5) is 5.69 Å². The number of phenols is 1. The number of nitrogens with zero attached hydrogens (tertiary/aromatic N) is 4. The van der Waals surface area contributed by atoms with Crippen LogP contribution in [-0.2, 0) is 7.05 Å². The molecule has 6 heteroatoms. The van der Waals surface area contributed by atoms with Crippen LogP contribution in [0.3, 0.4) is 0 Å². The number of fused-ring (bicyclic) bond motifs is 1. The minimum Gasteiger partial charge on any atom is -0.508 e. The predicted octanol–water partition coefficient (Wildman–Crippen LogP) is 2.76. The first kappa shape index (κ1) is 18.5. The lowest BCUT2D eigenvalue weighted by Gasteiger charge is -2.38. The summed E-state index contributed by atoms with van der Waals surface area (Å²) in [5.74, 6) is 0.426. The average molecular weight is 380 g/mol. The van der Waals surface area contributed by atoms with Crippen molar-refractivity contribution in [3.8, 4) is 5.75 Å². The molecule has 4 rings (SSSR count). The SMILES string of the molecule is CCCN1CC=C(N2CCN(c3ccc(O)cc3)CC2)c2c(ccn2C)C1=O. The van der Waals surface area contributed by atoms with Crippen molar-refractivity contribution in [3.63, 3.8) is 0 Å². The first-order chi connectivity index (χ1) is 13.6. The zero-order valence-corrected chi connectivity index (χ0v) is 16.6. The van der Waals surface area contributed by atoms with Crippen LogP contribution in [0.25, 0.3) is 5.70 Å². The van der Waals surface area contributed by atoms with E-state index in [4.69, 9.17) is 0 Å². The molecule has 0 atom stereocenters. The van der Waals surface area contributed by atoms with Gasteiger partial charge in [0.2, 0.25) is 0 Å². The predicted molar refractivity (Wildman–Crippen MR) is 111 cm³/mol. The van der Waals surface area contributed by atoms with E-state index in [2.05, 4.69) is 27.4 Å². The van der Waals surface area contributed by atoms with Crippen LogP contribution >= 0.6 is 0 Å². The lowest BCUT2D eigenvalue weighted by Crippen LogP contribution is -2.45. The minimum atomic E-state index is 0.131. The van der Waals surface area contributed by atoms with E-state index in [0.717, 1.165) is 56.1 Å². The van der Waals surface area contributed by atoms with Crippen LogP contribution in [0.1, 0.15) is 29.4 Å². The fourth-order valence-corrected chi connectivity index (χ4v) is 4.18. The van der Waals surface area contributed by atoms with E-state index < -0.39 is 0 Å². The quantitative estimate of drug-likeness (QED) is 0.886. The van der Waals surface area contributed by atoms with Gasteiger partial charge in [-0.15, -0.1) is 0 Å². The van der Waals surface area contributed by atoms with Gasteiger partial charge in [-0.3, -0.25) is 4.79 Å². The van der Waals surface area contributed by atoms with E-state index in [1.807, 2.05) is 36.3 Å². The summed E-state index contributed by atoms with van der Waals surface area (Å²) in [6.07, 6.45) is 5.16. The molecule has 1 N–H and O–H groups in total. The maximum Gasteiger partial charge on any atom is 0.256 e. The molecule has 1 aromatic heterocycles. The zero-order chi connectivity index (χ0) is 19.7. The molecule has 2 aliphatic heterocycles. The fourth-order valence-electron chi connectivity index (χ4n) is 4.18. The second kappa shape index (κ2) is 7.62. The van der Waals surface area contributed by atoms with Gasteiger partial charge in [0.15, 0.2) is 0 Å². The molecule has 1 aromatic carbocycles. The van der Waals surface area contributed by atoms with Gasteiger partial charge in [-0.1, -0.05) is 6.92 Å². The highest BCUT2D eigenvalue weighted by molar-refractivity contribution is 5.99. The highest BCUT2D eigenvalue weighted by atomic mass is 16.3. The number of carbonyl (C=O) groups excluding carboxylic acids is 1. The third kappa shape index (κ3) is 3.35. The summed E-state index contributed by atoms with van der Waals surface area (Å²) in [5, 5.41) is 9.51. The highest BCUT2D eigenvalue weighted by Gasteiger charge is 2.29. The number of rotatable bonds is 4. The monoisotopic (exact) mass is 380 g/mol. The molecule has 3 heterocycles. The van der Waals surface area contributed by atoms with Gasteiger partial charge in [-0.25, -0.2) is 0 Å². The summed E-state index contributed by atoms with van der Waals surface area (Å²) in [5.41, 5.74) is 4.14. The number of carbonyl (C=O) groups is 1. The maximum absolute atomic E-state index is 13.0. The van der Waals surface area contributed by atoms with Crippen LogP contribution in [0, 0.1) is 0 Å². The fraction of sp³-hybridized carbons (Fsp3) is 0.409. The van der Waals surface area contributed by atoms with Crippen molar-refractivity contribution in [1.29, 1.82) is 0 Å². The Morgan fingerprint density at radius 2 is 1.68 bits per heavy atom. The molecular weight excluding hydrogens is 352 g/mol. The lowest BCUT2D eigenvalue weighted by molar-refractivity contribution is 0.0775. The van der Waals surface area contributed by atoms with Crippen LogP contribution in [0.2, 0.25) is 0 Å². The van der Waals surface area contributed by atoms with Gasteiger partial charge in [0, 0.05) is 58.2 Å². The molecule has 0 bridgehead atoms. The summed E-state index contributed by atoms with van der Waals surface area (Å²) in [4.78, 5) is 19.7. The molecule has 28 heavy (non-hydrogen) atoms. The minimum absolute atomic E-state index is 0.131. The molecule has 0 unspecified atom stereocenters. The Morgan fingerprint density at radius 3 is 2.36 bits per heavy atom. The number of piperazine rings is 1. The second-order valence-electron chi connectivity index (χ2n) is 7.52. The molecule has 0 radical (unpaired) electrons. The van der Waals surface area contributed by atoms with Crippen molar-refractivity contribution in [2.75, 3.05) is 44.2 Å². The standard InChI is InChI=1S/C22H28N4O2/c1-3-10-26-12-9-20(21-19(22(26)28)8-11-23(21)2)25-15-13-24(14-16-25)17-4-6-18(27)7-5-17/h4-9,11,27H,3,10,12-16H2,1-2H3. The highest BCUT2D eigenvalue weighted by Crippen LogP contribution is 2.29. The number of hydrogen-bond donors (Lipinski definition) is 1. The first-order valence-electron chi connectivity index (χ1n) is 10.0. The van der Waals surface area contributed by atoms with Gasteiger partial charge in [-0.2, -0.15) is 0 Å². The van der Waals surface area contributed by atoms with E-state index in [-0.39, 0.29) is 5.91 Å². The number of amides is 1. The molecule has 0 saturated carbocycles. The van der Waals surface area contributed by atoms with E-state index in [1.54, 1.807) is 12.1 Å². The molecule has 1 saturated heterocycles. The molecule has 1 amide bonds. The molecule has 1 fully saturated rings. The molecule has 2 aliphatic rings. The van der Waals surface area contributed by atoms with Gasteiger partial charge in [-0.05, 0) is 42.8 Å². The average Bonchev–Trinajstić information content (AvgIpc) is 3.03. The molecule has 148 valence electrons. The third-order valence-corrected chi connectivity index (χ3v) is 5.67. The van der Waals surface area contributed by atoms with Crippen LogP contribution in [0.15, 0.2) is 42.6 Å². The number of phenolic OH excluding ortho intramolecular Hbond substituents is 1. The van der Waals surface area contributed by atoms with Crippen molar-refractivity contribution in [2.24, 2.45) is 7.05 Å². The number of anilines is 1. The lowest BCUT2D eigenvalue weighted by atomic mass is 10.1. The number of aryl methyl sites for hydroxylation is 1. The Labute approximate surface area is 166 Å². The van der Waals surface area contributed by atoms with Crippen LogP contribution in [-0.4, -0.2) is 64.6 Å². The van der Waals surface area contributed by atoms with Crippen molar-refractivity contribution >= 4 is 17.3 Å².